The van der Waals surface area contributed by atoms with E-state index in [1.807, 2.05) is 18.3 Å². The molecule has 1 aliphatic carbocycles. The van der Waals surface area contributed by atoms with Gasteiger partial charge in [0.2, 0.25) is 0 Å². The number of para-hydroxylation sites is 1. The van der Waals surface area contributed by atoms with Crippen molar-refractivity contribution < 1.29 is 0 Å². The Labute approximate surface area is 127 Å². The first-order valence-corrected chi connectivity index (χ1v) is 8.06. The molecule has 2 aromatic rings. The van der Waals surface area contributed by atoms with Gasteiger partial charge in [-0.15, -0.1) is 0 Å². The summed E-state index contributed by atoms with van der Waals surface area (Å²) in [6.07, 6.45) is 7.21. The van der Waals surface area contributed by atoms with Gasteiger partial charge in [0.25, 0.3) is 0 Å². The molecule has 1 heterocycles. The lowest BCUT2D eigenvalue weighted by Gasteiger charge is -2.33. The molecule has 0 aliphatic heterocycles. The van der Waals surface area contributed by atoms with Gasteiger partial charge in [-0.25, -0.2) is 0 Å². The van der Waals surface area contributed by atoms with Crippen molar-refractivity contribution in [3.8, 4) is 0 Å². The van der Waals surface area contributed by atoms with Crippen molar-refractivity contribution >= 4 is 22.3 Å². The Morgan fingerprint density at radius 3 is 2.71 bits per heavy atom. The molecule has 0 spiro atoms. The van der Waals surface area contributed by atoms with Gasteiger partial charge in [0, 0.05) is 29.9 Å². The van der Waals surface area contributed by atoms with E-state index < -0.39 is 0 Å². The summed E-state index contributed by atoms with van der Waals surface area (Å²) in [5.41, 5.74) is 9.10. The van der Waals surface area contributed by atoms with Gasteiger partial charge in [-0.05, 0) is 30.9 Å². The van der Waals surface area contributed by atoms with Crippen LogP contribution in [0.4, 0.5) is 11.4 Å². The number of rotatable bonds is 4. The smallest absolute Gasteiger partial charge is 0.0951 e. The molecule has 3 rings (SSSR count). The fourth-order valence-corrected chi connectivity index (χ4v) is 3.49. The maximum absolute atomic E-state index is 6.10. The van der Waals surface area contributed by atoms with E-state index in [1.54, 1.807) is 0 Å². The Bertz CT molecular complexity index is 615. The van der Waals surface area contributed by atoms with E-state index in [4.69, 9.17) is 5.73 Å². The Balaban J connectivity index is 2.08. The summed E-state index contributed by atoms with van der Waals surface area (Å²) in [5.74, 6) is 0.648. The number of fused-ring (bicyclic) bond motifs is 1. The van der Waals surface area contributed by atoms with E-state index >= 15 is 0 Å². The van der Waals surface area contributed by atoms with Gasteiger partial charge in [-0.3, -0.25) is 4.98 Å². The molecule has 1 aromatic heterocycles. The van der Waals surface area contributed by atoms with E-state index in [1.165, 1.54) is 36.8 Å². The second-order valence-electron chi connectivity index (χ2n) is 6.56. The molecule has 0 bridgehead atoms. The van der Waals surface area contributed by atoms with Crippen molar-refractivity contribution in [3.05, 3.63) is 30.5 Å². The van der Waals surface area contributed by atoms with Gasteiger partial charge < -0.3 is 10.6 Å². The molecular weight excluding hydrogens is 258 g/mol. The van der Waals surface area contributed by atoms with Crippen LogP contribution in [0.1, 0.15) is 39.5 Å². The van der Waals surface area contributed by atoms with Gasteiger partial charge >= 0.3 is 0 Å². The first kappa shape index (κ1) is 14.2. The Kier molecular flexibility index (Phi) is 4.00. The highest BCUT2D eigenvalue weighted by atomic mass is 15.2. The maximum atomic E-state index is 6.10. The highest BCUT2D eigenvalue weighted by molar-refractivity contribution is 5.98. The zero-order chi connectivity index (χ0) is 14.8. The normalized spacial score (nSPS) is 16.0. The van der Waals surface area contributed by atoms with Crippen LogP contribution in [0.15, 0.2) is 30.5 Å². The van der Waals surface area contributed by atoms with Gasteiger partial charge in [-0.1, -0.05) is 38.8 Å². The lowest BCUT2D eigenvalue weighted by molar-refractivity contribution is 0.537. The van der Waals surface area contributed by atoms with Crippen molar-refractivity contribution in [2.24, 2.45) is 5.92 Å². The van der Waals surface area contributed by atoms with Gasteiger partial charge in [0.05, 0.1) is 11.2 Å². The molecule has 112 valence electrons. The van der Waals surface area contributed by atoms with E-state index in [9.17, 15) is 0 Å². The second-order valence-corrected chi connectivity index (χ2v) is 6.56. The lowest BCUT2D eigenvalue weighted by Crippen LogP contribution is -2.36. The topological polar surface area (TPSA) is 42.2 Å². The van der Waals surface area contributed by atoms with Crippen LogP contribution in [0.3, 0.4) is 0 Å². The first-order chi connectivity index (χ1) is 10.2. The van der Waals surface area contributed by atoms with Crippen molar-refractivity contribution in [2.45, 2.75) is 45.6 Å². The quantitative estimate of drug-likeness (QED) is 0.854. The summed E-state index contributed by atoms with van der Waals surface area (Å²) in [7, 11) is 0. The molecule has 0 amide bonds. The number of nitrogens with zero attached hydrogens (tertiary/aromatic N) is 2. The Morgan fingerprint density at radius 2 is 2.00 bits per heavy atom. The summed E-state index contributed by atoms with van der Waals surface area (Å²) in [5, 5.41) is 1.19. The Morgan fingerprint density at radius 1 is 1.24 bits per heavy atom. The number of nitrogens with two attached hydrogens (primary N) is 1. The van der Waals surface area contributed by atoms with Crippen LogP contribution in [0.25, 0.3) is 10.9 Å². The first-order valence-electron chi connectivity index (χ1n) is 8.06. The monoisotopic (exact) mass is 283 g/mol. The number of hydrogen-bond donors (Lipinski definition) is 1. The predicted octanol–water partition coefficient (Wildman–Crippen LogP) is 4.22. The van der Waals surface area contributed by atoms with Gasteiger partial charge in [-0.2, -0.15) is 0 Å². The van der Waals surface area contributed by atoms with Crippen LogP contribution in [0.2, 0.25) is 0 Å². The molecule has 2 N–H and O–H groups in total. The van der Waals surface area contributed by atoms with E-state index in [2.05, 4.69) is 35.9 Å². The van der Waals surface area contributed by atoms with Crippen LogP contribution in [-0.4, -0.2) is 17.6 Å². The minimum Gasteiger partial charge on any atom is -0.397 e. The third kappa shape index (κ3) is 2.82. The summed E-state index contributed by atoms with van der Waals surface area (Å²) < 4.78 is 0. The fourth-order valence-electron chi connectivity index (χ4n) is 3.49. The van der Waals surface area contributed by atoms with Crippen LogP contribution in [-0.2, 0) is 0 Å². The predicted molar refractivity (Wildman–Crippen MR) is 90.6 cm³/mol. The summed E-state index contributed by atoms with van der Waals surface area (Å²) in [4.78, 5) is 7.08. The van der Waals surface area contributed by atoms with E-state index in [0.717, 1.165) is 17.7 Å². The molecule has 1 saturated carbocycles. The minimum absolute atomic E-state index is 0.648. The fraction of sp³-hybridized carbons (Fsp3) is 0.500. The molecule has 0 radical (unpaired) electrons. The second kappa shape index (κ2) is 5.92. The highest BCUT2D eigenvalue weighted by Gasteiger charge is 2.24. The van der Waals surface area contributed by atoms with Crippen LogP contribution < -0.4 is 10.6 Å². The number of pyridine rings is 1. The standard InChI is InChI=1S/C18H25N3/c1-13(2)12-21(14-6-3-4-7-14)17-10-11-20-18-15(17)8-5-9-16(18)19/h5,8-11,13-14H,3-4,6-7,12,19H2,1-2H3. The maximum Gasteiger partial charge on any atom is 0.0951 e. The molecule has 1 aromatic carbocycles. The SMILES string of the molecule is CC(C)CN(c1ccnc2c(N)cccc12)C1CCCC1. The van der Waals surface area contributed by atoms with Gasteiger partial charge in [0.15, 0.2) is 0 Å². The molecule has 1 aliphatic rings. The molecule has 0 saturated heterocycles. The molecule has 0 unspecified atom stereocenters. The summed E-state index contributed by atoms with van der Waals surface area (Å²) >= 11 is 0. The minimum atomic E-state index is 0.648. The molecule has 21 heavy (non-hydrogen) atoms. The van der Waals surface area contributed by atoms with Crippen LogP contribution in [0.5, 0.6) is 0 Å². The van der Waals surface area contributed by atoms with Crippen LogP contribution >= 0.6 is 0 Å². The molecule has 0 atom stereocenters. The summed E-state index contributed by atoms with van der Waals surface area (Å²) in [6.45, 7) is 5.68. The number of anilines is 2. The largest absolute Gasteiger partial charge is 0.397 e. The molecule has 1 fully saturated rings. The van der Waals surface area contributed by atoms with Crippen molar-refractivity contribution in [2.75, 3.05) is 17.2 Å². The average molecular weight is 283 g/mol. The van der Waals surface area contributed by atoms with Crippen molar-refractivity contribution in [1.29, 1.82) is 0 Å². The zero-order valence-corrected chi connectivity index (χ0v) is 13.0. The average Bonchev–Trinajstić information content (AvgIpc) is 2.99. The third-order valence-corrected chi connectivity index (χ3v) is 4.42. The number of aromatic nitrogens is 1. The highest BCUT2D eigenvalue weighted by Crippen LogP contribution is 2.34. The number of benzene rings is 1. The Hall–Kier alpha value is -1.77. The van der Waals surface area contributed by atoms with Crippen molar-refractivity contribution in [1.82, 2.24) is 4.98 Å². The molecule has 3 nitrogen and oxygen atoms in total. The summed E-state index contributed by atoms with van der Waals surface area (Å²) in [6, 6.07) is 8.94. The lowest BCUT2D eigenvalue weighted by atomic mass is 10.1. The number of nitrogen functional groups attached to an aromatic ring is 1. The zero-order valence-electron chi connectivity index (χ0n) is 13.0. The van der Waals surface area contributed by atoms with Crippen molar-refractivity contribution in [3.63, 3.8) is 0 Å². The van der Waals surface area contributed by atoms with Crippen LogP contribution in [0, 0.1) is 5.92 Å². The van der Waals surface area contributed by atoms with Gasteiger partial charge in [0.1, 0.15) is 0 Å². The third-order valence-electron chi connectivity index (χ3n) is 4.42. The van der Waals surface area contributed by atoms with E-state index in [-0.39, 0.29) is 0 Å². The van der Waals surface area contributed by atoms with E-state index in [0.29, 0.717) is 12.0 Å². The number of hydrogen-bond acceptors (Lipinski definition) is 3. The molecule has 3 heteroatoms. The molecular formula is C18H25N3.